The van der Waals surface area contributed by atoms with Gasteiger partial charge in [-0.15, -0.1) is 11.8 Å². The van der Waals surface area contributed by atoms with E-state index in [9.17, 15) is 9.59 Å². The van der Waals surface area contributed by atoms with E-state index in [0.29, 0.717) is 10.8 Å². The molecule has 5 nitrogen and oxygen atoms in total. The highest BCUT2D eigenvalue weighted by molar-refractivity contribution is 8.01. The number of para-hydroxylation sites is 2. The lowest BCUT2D eigenvalue weighted by molar-refractivity contribution is -0.145. The Labute approximate surface area is 154 Å². The molecular weight excluding hydrogens is 362 g/mol. The lowest BCUT2D eigenvalue weighted by Gasteiger charge is -2.23. The lowest BCUT2D eigenvalue weighted by atomic mass is 10.2. The highest BCUT2D eigenvalue weighted by atomic mass is 35.5. The van der Waals surface area contributed by atoms with Crippen LogP contribution in [-0.4, -0.2) is 30.3 Å². The second kappa shape index (κ2) is 8.27. The van der Waals surface area contributed by atoms with Crippen LogP contribution in [0.4, 0.5) is 5.69 Å². The molecule has 25 heavy (non-hydrogen) atoms. The molecule has 130 valence electrons. The average molecular weight is 378 g/mol. The van der Waals surface area contributed by atoms with E-state index in [-0.39, 0.29) is 25.5 Å². The van der Waals surface area contributed by atoms with Gasteiger partial charge in [0.15, 0.2) is 0 Å². The molecule has 2 aromatic carbocycles. The van der Waals surface area contributed by atoms with Gasteiger partial charge in [0.2, 0.25) is 5.91 Å². The van der Waals surface area contributed by atoms with Gasteiger partial charge in [0.1, 0.15) is 19.0 Å². The molecule has 2 aromatic rings. The quantitative estimate of drug-likeness (QED) is 0.613. The number of fused-ring (bicyclic) bond motifs is 1. The van der Waals surface area contributed by atoms with Gasteiger partial charge in [0.05, 0.1) is 22.4 Å². The van der Waals surface area contributed by atoms with Crippen molar-refractivity contribution in [3.63, 3.8) is 0 Å². The fraction of sp³-hybridized carbons (Fsp3) is 0.222. The molecule has 0 saturated heterocycles. The number of amides is 1. The van der Waals surface area contributed by atoms with Crippen LogP contribution in [0.3, 0.4) is 0 Å². The minimum Gasteiger partial charge on any atom is -0.488 e. The zero-order chi connectivity index (χ0) is 17.6. The van der Waals surface area contributed by atoms with Crippen molar-refractivity contribution >= 4 is 40.9 Å². The molecule has 0 aliphatic carbocycles. The molecule has 0 fully saturated rings. The van der Waals surface area contributed by atoms with Gasteiger partial charge < -0.3 is 14.8 Å². The largest absolute Gasteiger partial charge is 0.488 e. The Bertz CT molecular complexity index is 783. The van der Waals surface area contributed by atoms with Crippen molar-refractivity contribution in [1.29, 1.82) is 0 Å². The Morgan fingerprint density at radius 1 is 1.12 bits per heavy atom. The van der Waals surface area contributed by atoms with E-state index in [2.05, 4.69) is 5.32 Å². The average Bonchev–Trinajstić information content (AvgIpc) is 2.61. The van der Waals surface area contributed by atoms with Gasteiger partial charge in [-0.1, -0.05) is 35.9 Å². The van der Waals surface area contributed by atoms with E-state index in [0.717, 1.165) is 10.6 Å². The molecule has 1 aliphatic heterocycles. The third-order valence-corrected chi connectivity index (χ3v) is 5.09. The SMILES string of the molecule is O=C(C[C@H]1Sc2ccccc2NC1=O)OCCOc1ccccc1Cl. The molecular formula is C18H16ClNO4S. The van der Waals surface area contributed by atoms with Crippen molar-refractivity contribution in [2.45, 2.75) is 16.6 Å². The van der Waals surface area contributed by atoms with Gasteiger partial charge in [-0.05, 0) is 24.3 Å². The molecule has 1 N–H and O–H groups in total. The Balaban J connectivity index is 1.44. The number of ether oxygens (including phenoxy) is 2. The number of esters is 1. The first-order valence-electron chi connectivity index (χ1n) is 7.73. The molecule has 0 radical (unpaired) electrons. The van der Waals surface area contributed by atoms with E-state index < -0.39 is 11.2 Å². The molecule has 0 unspecified atom stereocenters. The zero-order valence-corrected chi connectivity index (χ0v) is 14.8. The summed E-state index contributed by atoms with van der Waals surface area (Å²) >= 11 is 7.34. The maximum absolute atomic E-state index is 12.1. The fourth-order valence-corrected chi connectivity index (χ4v) is 3.59. The number of benzene rings is 2. The number of carbonyl (C=O) groups is 2. The molecule has 7 heteroatoms. The molecule has 1 aliphatic rings. The molecule has 1 amide bonds. The van der Waals surface area contributed by atoms with Crippen LogP contribution in [0, 0.1) is 0 Å². The van der Waals surface area contributed by atoms with Crippen LogP contribution in [0.25, 0.3) is 0 Å². The summed E-state index contributed by atoms with van der Waals surface area (Å²) in [6.45, 7) is 0.294. The molecule has 0 bridgehead atoms. The Hall–Kier alpha value is -2.18. The third kappa shape index (κ3) is 4.67. The van der Waals surface area contributed by atoms with Crippen LogP contribution in [0.5, 0.6) is 5.75 Å². The summed E-state index contributed by atoms with van der Waals surface area (Å²) in [6.07, 6.45) is 0.0108. The molecule has 1 atom stereocenters. The topological polar surface area (TPSA) is 64.6 Å². The van der Waals surface area contributed by atoms with Crippen LogP contribution in [0.2, 0.25) is 5.02 Å². The van der Waals surface area contributed by atoms with Crippen LogP contribution in [0.1, 0.15) is 6.42 Å². The Kier molecular flexibility index (Phi) is 5.83. The van der Waals surface area contributed by atoms with Crippen molar-refractivity contribution in [1.82, 2.24) is 0 Å². The highest BCUT2D eigenvalue weighted by Crippen LogP contribution is 2.36. The predicted octanol–water partition coefficient (Wildman–Crippen LogP) is 3.77. The predicted molar refractivity (Wildman–Crippen MR) is 97.2 cm³/mol. The van der Waals surface area contributed by atoms with E-state index in [1.807, 2.05) is 30.3 Å². The van der Waals surface area contributed by atoms with Crippen LogP contribution in [-0.2, 0) is 14.3 Å². The van der Waals surface area contributed by atoms with Crippen molar-refractivity contribution in [3.05, 3.63) is 53.6 Å². The standard InChI is InChI=1S/C18H16ClNO4S/c19-12-5-1-3-7-14(12)23-9-10-24-17(21)11-16-18(22)20-13-6-2-4-8-15(13)25-16/h1-8,16H,9-11H2,(H,20,22)/t16-/m1/s1. The third-order valence-electron chi connectivity index (χ3n) is 3.50. The fourth-order valence-electron chi connectivity index (χ4n) is 2.31. The van der Waals surface area contributed by atoms with Crippen molar-refractivity contribution < 1.29 is 19.1 Å². The number of hydrogen-bond donors (Lipinski definition) is 1. The number of anilines is 1. The Morgan fingerprint density at radius 2 is 1.88 bits per heavy atom. The van der Waals surface area contributed by atoms with Gasteiger partial charge in [0, 0.05) is 4.90 Å². The number of nitrogens with one attached hydrogen (secondary N) is 1. The number of carbonyl (C=O) groups excluding carboxylic acids is 2. The first-order valence-corrected chi connectivity index (χ1v) is 8.99. The second-order valence-electron chi connectivity index (χ2n) is 5.30. The molecule has 0 saturated carbocycles. The van der Waals surface area contributed by atoms with E-state index in [4.69, 9.17) is 21.1 Å². The van der Waals surface area contributed by atoms with Gasteiger partial charge in [-0.3, -0.25) is 9.59 Å². The zero-order valence-electron chi connectivity index (χ0n) is 13.2. The van der Waals surface area contributed by atoms with Crippen LogP contribution >= 0.6 is 23.4 Å². The first-order chi connectivity index (χ1) is 12.1. The van der Waals surface area contributed by atoms with E-state index in [1.54, 1.807) is 18.2 Å². The Morgan fingerprint density at radius 3 is 2.72 bits per heavy atom. The monoisotopic (exact) mass is 377 g/mol. The van der Waals surface area contributed by atoms with Gasteiger partial charge >= 0.3 is 5.97 Å². The maximum Gasteiger partial charge on any atom is 0.307 e. The van der Waals surface area contributed by atoms with Crippen LogP contribution in [0.15, 0.2) is 53.4 Å². The minimum absolute atomic E-state index is 0.0108. The number of hydrogen-bond acceptors (Lipinski definition) is 5. The van der Waals surface area contributed by atoms with E-state index >= 15 is 0 Å². The summed E-state index contributed by atoms with van der Waals surface area (Å²) in [5, 5.41) is 2.81. The van der Waals surface area contributed by atoms with Gasteiger partial charge in [-0.2, -0.15) is 0 Å². The maximum atomic E-state index is 12.1. The smallest absolute Gasteiger partial charge is 0.307 e. The van der Waals surface area contributed by atoms with Crippen LogP contribution < -0.4 is 10.1 Å². The van der Waals surface area contributed by atoms with Gasteiger partial charge in [-0.25, -0.2) is 0 Å². The summed E-state index contributed by atoms with van der Waals surface area (Å²) in [4.78, 5) is 25.0. The second-order valence-corrected chi connectivity index (χ2v) is 6.95. The minimum atomic E-state index is -0.494. The number of rotatable bonds is 6. The molecule has 0 aromatic heterocycles. The summed E-state index contributed by atoms with van der Waals surface area (Å²) in [6, 6.07) is 14.6. The lowest BCUT2D eigenvalue weighted by Crippen LogP contribution is -2.31. The molecule has 3 rings (SSSR count). The summed E-state index contributed by atoms with van der Waals surface area (Å²) < 4.78 is 10.6. The summed E-state index contributed by atoms with van der Waals surface area (Å²) in [5.41, 5.74) is 0.773. The number of thioether (sulfide) groups is 1. The summed E-state index contributed by atoms with van der Waals surface area (Å²) in [7, 11) is 0. The number of halogens is 1. The first kappa shape index (κ1) is 17.6. The normalized spacial score (nSPS) is 15.9. The molecule has 0 spiro atoms. The van der Waals surface area contributed by atoms with Crippen molar-refractivity contribution in [2.75, 3.05) is 18.5 Å². The van der Waals surface area contributed by atoms with Crippen molar-refractivity contribution in [2.24, 2.45) is 0 Å². The molecule has 1 heterocycles. The summed E-state index contributed by atoms with van der Waals surface area (Å²) in [5.74, 6) is -0.0817. The highest BCUT2D eigenvalue weighted by Gasteiger charge is 2.29. The van der Waals surface area contributed by atoms with Gasteiger partial charge in [0.25, 0.3) is 0 Å². The van der Waals surface area contributed by atoms with E-state index in [1.165, 1.54) is 11.8 Å². The van der Waals surface area contributed by atoms with Crippen molar-refractivity contribution in [3.8, 4) is 5.75 Å².